The van der Waals surface area contributed by atoms with Crippen molar-refractivity contribution in [1.82, 2.24) is 5.32 Å². The van der Waals surface area contributed by atoms with Crippen molar-refractivity contribution in [3.8, 4) is 0 Å². The van der Waals surface area contributed by atoms with Gasteiger partial charge in [-0.25, -0.2) is 0 Å². The summed E-state index contributed by atoms with van der Waals surface area (Å²) in [6.45, 7) is 0. The first-order valence-electron chi connectivity index (χ1n) is 9.80. The Morgan fingerprint density at radius 1 is 1.03 bits per heavy atom. The largest absolute Gasteiger partial charge is 0.481 e. The Kier molecular flexibility index (Phi) is 6.43. The lowest BCUT2D eigenvalue weighted by Crippen LogP contribution is -2.53. The van der Waals surface area contributed by atoms with Crippen molar-refractivity contribution in [3.05, 3.63) is 56.0 Å². The van der Waals surface area contributed by atoms with E-state index < -0.39 is 47.4 Å². The standard InChI is InChI=1S/C21H14Cl4F3N3O4/c1-31(10-3-7(22)2-8(23)4-10)17(32)13-14(18(33)34)20(30-16(13)21(26,27)28)11-5-9(24)6-12(25)15(11)29-19(20)35/h2-6,13-14,16,30H,1H3,(H,29,35)(H,33,34)/t13-,14-,16+,20?/m0/s1. The molecule has 0 bridgehead atoms. The molecular weight excluding hydrogens is 557 g/mol. The highest BCUT2D eigenvalue weighted by molar-refractivity contribution is 6.38. The van der Waals surface area contributed by atoms with Crippen molar-refractivity contribution in [1.29, 1.82) is 0 Å². The molecule has 1 saturated heterocycles. The van der Waals surface area contributed by atoms with Gasteiger partial charge in [0.05, 0.1) is 16.6 Å². The lowest BCUT2D eigenvalue weighted by Gasteiger charge is -2.30. The topological polar surface area (TPSA) is 98.7 Å². The Labute approximate surface area is 216 Å². The van der Waals surface area contributed by atoms with Crippen molar-refractivity contribution in [2.75, 3.05) is 17.3 Å². The quantitative estimate of drug-likeness (QED) is 0.484. The van der Waals surface area contributed by atoms with E-state index >= 15 is 0 Å². The fraction of sp³-hybridized carbons (Fsp3) is 0.286. The van der Waals surface area contributed by atoms with Crippen molar-refractivity contribution < 1.29 is 32.7 Å². The number of halogens is 7. The van der Waals surface area contributed by atoms with Gasteiger partial charge in [0.25, 0.3) is 0 Å². The molecule has 1 spiro atoms. The van der Waals surface area contributed by atoms with Crippen LogP contribution in [-0.2, 0) is 19.9 Å². The Morgan fingerprint density at radius 2 is 1.60 bits per heavy atom. The van der Waals surface area contributed by atoms with E-state index in [1.54, 1.807) is 0 Å². The summed E-state index contributed by atoms with van der Waals surface area (Å²) < 4.78 is 42.7. The third kappa shape index (κ3) is 4.11. The summed E-state index contributed by atoms with van der Waals surface area (Å²) in [5.74, 6) is -8.59. The molecule has 14 heteroatoms. The maximum Gasteiger partial charge on any atom is 0.404 e. The maximum atomic E-state index is 14.2. The van der Waals surface area contributed by atoms with E-state index in [-0.39, 0.29) is 37.0 Å². The number of carbonyl (C=O) groups excluding carboxylic acids is 2. The molecule has 0 radical (unpaired) electrons. The molecule has 35 heavy (non-hydrogen) atoms. The second-order valence-corrected chi connectivity index (χ2v) is 9.82. The monoisotopic (exact) mass is 569 g/mol. The zero-order valence-corrected chi connectivity index (χ0v) is 20.4. The number of rotatable bonds is 3. The fourth-order valence-electron chi connectivity index (χ4n) is 4.68. The number of nitrogens with one attached hydrogen (secondary N) is 2. The van der Waals surface area contributed by atoms with Gasteiger partial charge in [-0.05, 0) is 30.3 Å². The normalized spacial score (nSPS) is 25.5. The molecule has 7 nitrogen and oxygen atoms in total. The SMILES string of the molecule is CN(C(=O)[C@@H]1[C@H](C(F)(F)F)NC2(C(=O)Nc3c(Cl)cc(Cl)cc32)[C@@H]1C(=O)O)c1cc(Cl)cc(Cl)c1. The van der Waals surface area contributed by atoms with Gasteiger partial charge in [0.15, 0.2) is 0 Å². The Morgan fingerprint density at radius 3 is 2.14 bits per heavy atom. The number of hydrogen-bond donors (Lipinski definition) is 3. The number of carboxylic acid groups (broad SMARTS) is 1. The molecule has 0 saturated carbocycles. The zero-order valence-electron chi connectivity index (χ0n) is 17.4. The first kappa shape index (κ1) is 25.8. The summed E-state index contributed by atoms with van der Waals surface area (Å²) in [5.41, 5.74) is -2.75. The molecular formula is C21H14Cl4F3N3O4. The van der Waals surface area contributed by atoms with Crippen LogP contribution in [0.3, 0.4) is 0 Å². The maximum absolute atomic E-state index is 14.2. The average Bonchev–Trinajstić information content (AvgIpc) is 3.24. The molecule has 2 aromatic carbocycles. The minimum Gasteiger partial charge on any atom is -0.481 e. The number of hydrogen-bond acceptors (Lipinski definition) is 4. The van der Waals surface area contributed by atoms with Gasteiger partial charge in [-0.2, -0.15) is 13.2 Å². The van der Waals surface area contributed by atoms with Crippen LogP contribution in [-0.4, -0.2) is 42.2 Å². The second kappa shape index (κ2) is 8.70. The first-order chi connectivity index (χ1) is 16.2. The molecule has 2 aromatic rings. The summed E-state index contributed by atoms with van der Waals surface area (Å²) in [4.78, 5) is 39.9. The fourth-order valence-corrected chi connectivity index (χ4v) is 5.73. The van der Waals surface area contributed by atoms with Crippen molar-refractivity contribution in [2.24, 2.45) is 11.8 Å². The Bertz CT molecular complexity index is 1250. The second-order valence-electron chi connectivity index (χ2n) is 8.10. The molecule has 4 atom stereocenters. The first-order valence-corrected chi connectivity index (χ1v) is 11.3. The number of alkyl halides is 3. The van der Waals surface area contributed by atoms with Crippen LogP contribution < -0.4 is 15.5 Å². The van der Waals surface area contributed by atoms with Crippen LogP contribution in [0.4, 0.5) is 24.5 Å². The van der Waals surface area contributed by atoms with E-state index in [4.69, 9.17) is 46.4 Å². The third-order valence-electron chi connectivity index (χ3n) is 6.11. The highest BCUT2D eigenvalue weighted by Crippen LogP contribution is 2.54. The number of aliphatic carboxylic acids is 1. The van der Waals surface area contributed by atoms with Gasteiger partial charge in [0.1, 0.15) is 17.5 Å². The van der Waals surface area contributed by atoms with Crippen LogP contribution in [0.5, 0.6) is 0 Å². The average molecular weight is 571 g/mol. The van der Waals surface area contributed by atoms with E-state index in [1.165, 1.54) is 24.3 Å². The van der Waals surface area contributed by atoms with E-state index in [0.717, 1.165) is 18.0 Å². The number of fused-ring (bicyclic) bond motifs is 2. The summed E-state index contributed by atoms with van der Waals surface area (Å²) >= 11 is 24.1. The van der Waals surface area contributed by atoms with E-state index in [9.17, 15) is 32.7 Å². The van der Waals surface area contributed by atoms with Crippen LogP contribution in [0.1, 0.15) is 5.56 Å². The number of benzene rings is 2. The van der Waals surface area contributed by atoms with E-state index in [0.29, 0.717) is 0 Å². The Hall–Kier alpha value is -2.24. The number of amides is 2. The number of carbonyl (C=O) groups is 3. The third-order valence-corrected chi connectivity index (χ3v) is 7.07. The lowest BCUT2D eigenvalue weighted by atomic mass is 9.74. The molecule has 2 heterocycles. The van der Waals surface area contributed by atoms with Crippen LogP contribution in [0.25, 0.3) is 0 Å². The smallest absolute Gasteiger partial charge is 0.404 e. The summed E-state index contributed by atoms with van der Waals surface area (Å²) in [6.07, 6.45) is -5.12. The molecule has 0 aliphatic carbocycles. The molecule has 2 aliphatic rings. The zero-order chi connectivity index (χ0) is 26.0. The predicted octanol–water partition coefficient (Wildman–Crippen LogP) is 4.96. The van der Waals surface area contributed by atoms with Gasteiger partial charge in [0, 0.05) is 33.4 Å². The van der Waals surface area contributed by atoms with E-state index in [1.807, 2.05) is 0 Å². The lowest BCUT2D eigenvalue weighted by molar-refractivity contribution is -0.169. The highest BCUT2D eigenvalue weighted by atomic mass is 35.5. The number of anilines is 2. The van der Waals surface area contributed by atoms with Gasteiger partial charge in [0.2, 0.25) is 11.8 Å². The molecule has 4 rings (SSSR count). The minimum absolute atomic E-state index is 0.0286. The van der Waals surface area contributed by atoms with Crippen molar-refractivity contribution in [2.45, 2.75) is 17.8 Å². The van der Waals surface area contributed by atoms with Crippen LogP contribution in [0, 0.1) is 11.8 Å². The molecule has 1 unspecified atom stereocenters. The van der Waals surface area contributed by atoms with Crippen LogP contribution in [0.15, 0.2) is 30.3 Å². The molecule has 0 aromatic heterocycles. The summed E-state index contributed by atoms with van der Waals surface area (Å²) in [7, 11) is 1.15. The molecule has 2 aliphatic heterocycles. The van der Waals surface area contributed by atoms with Gasteiger partial charge >= 0.3 is 12.1 Å². The van der Waals surface area contributed by atoms with Crippen molar-refractivity contribution >= 4 is 75.6 Å². The molecule has 3 N–H and O–H groups in total. The highest BCUT2D eigenvalue weighted by Gasteiger charge is 2.71. The minimum atomic E-state index is -5.12. The summed E-state index contributed by atoms with van der Waals surface area (Å²) in [5, 5.41) is 14.6. The van der Waals surface area contributed by atoms with Gasteiger partial charge in [-0.1, -0.05) is 46.4 Å². The summed E-state index contributed by atoms with van der Waals surface area (Å²) in [6, 6.07) is 3.58. The van der Waals surface area contributed by atoms with Gasteiger partial charge < -0.3 is 15.3 Å². The molecule has 186 valence electrons. The Balaban J connectivity index is 1.91. The number of carboxylic acids is 1. The van der Waals surface area contributed by atoms with E-state index in [2.05, 4.69) is 10.6 Å². The molecule has 2 amide bonds. The van der Waals surface area contributed by atoms with Gasteiger partial charge in [-0.3, -0.25) is 19.7 Å². The van der Waals surface area contributed by atoms with Crippen molar-refractivity contribution in [3.63, 3.8) is 0 Å². The van der Waals surface area contributed by atoms with Gasteiger partial charge in [-0.15, -0.1) is 0 Å². The van der Waals surface area contributed by atoms with Crippen LogP contribution >= 0.6 is 46.4 Å². The predicted molar refractivity (Wildman–Crippen MR) is 124 cm³/mol. The number of nitrogens with zero attached hydrogens (tertiary/aromatic N) is 1. The van der Waals surface area contributed by atoms with Crippen LogP contribution in [0.2, 0.25) is 20.1 Å². The molecule has 1 fully saturated rings.